The zero-order valence-corrected chi connectivity index (χ0v) is 12.9. The fourth-order valence-electron chi connectivity index (χ4n) is 3.76. The van der Waals surface area contributed by atoms with Crippen molar-refractivity contribution in [3.05, 3.63) is 0 Å². The lowest BCUT2D eigenvalue weighted by molar-refractivity contribution is -0.149. The van der Waals surface area contributed by atoms with E-state index >= 15 is 0 Å². The van der Waals surface area contributed by atoms with Gasteiger partial charge < -0.3 is 10.0 Å². The molecule has 114 valence electrons. The van der Waals surface area contributed by atoms with E-state index in [2.05, 4.69) is 20.8 Å². The summed E-state index contributed by atoms with van der Waals surface area (Å²) >= 11 is 0. The Kier molecular flexibility index (Phi) is 4.12. The van der Waals surface area contributed by atoms with Gasteiger partial charge in [-0.05, 0) is 37.0 Å². The second-order valence-electron chi connectivity index (χ2n) is 7.74. The Morgan fingerprint density at radius 1 is 1.35 bits per heavy atom. The van der Waals surface area contributed by atoms with Gasteiger partial charge in [0.15, 0.2) is 0 Å². The van der Waals surface area contributed by atoms with Crippen LogP contribution in [0.3, 0.4) is 0 Å². The number of aliphatic carboxylic acids is 1. The van der Waals surface area contributed by atoms with E-state index in [1.54, 1.807) is 4.90 Å². The molecule has 4 nitrogen and oxygen atoms in total. The van der Waals surface area contributed by atoms with Crippen LogP contribution in [0, 0.1) is 16.7 Å². The van der Waals surface area contributed by atoms with Crippen molar-refractivity contribution in [1.29, 1.82) is 0 Å². The third-order valence-corrected chi connectivity index (χ3v) is 4.97. The molecule has 1 aliphatic carbocycles. The molecule has 1 N–H and O–H groups in total. The van der Waals surface area contributed by atoms with Gasteiger partial charge in [-0.25, -0.2) is 0 Å². The molecule has 0 aromatic heterocycles. The summed E-state index contributed by atoms with van der Waals surface area (Å²) in [5.41, 5.74) is -0.385. The maximum absolute atomic E-state index is 12.3. The molecule has 0 unspecified atom stereocenters. The maximum Gasteiger partial charge on any atom is 0.311 e. The summed E-state index contributed by atoms with van der Waals surface area (Å²) in [6, 6.07) is 0. The van der Waals surface area contributed by atoms with Crippen LogP contribution in [0.1, 0.15) is 59.3 Å². The predicted molar refractivity (Wildman–Crippen MR) is 77.3 cm³/mol. The Morgan fingerprint density at radius 2 is 2.05 bits per heavy atom. The van der Waals surface area contributed by atoms with Crippen LogP contribution in [-0.4, -0.2) is 35.0 Å². The average molecular weight is 281 g/mol. The van der Waals surface area contributed by atoms with E-state index < -0.39 is 11.4 Å². The minimum atomic E-state index is -0.704. The van der Waals surface area contributed by atoms with Crippen LogP contribution in [0.4, 0.5) is 0 Å². The molecular formula is C16H27NO3. The van der Waals surface area contributed by atoms with Crippen molar-refractivity contribution in [3.8, 4) is 0 Å². The highest BCUT2D eigenvalue weighted by Crippen LogP contribution is 2.49. The van der Waals surface area contributed by atoms with Gasteiger partial charge in [-0.3, -0.25) is 9.59 Å². The van der Waals surface area contributed by atoms with Gasteiger partial charge >= 0.3 is 5.97 Å². The number of rotatable bonds is 4. The van der Waals surface area contributed by atoms with Crippen molar-refractivity contribution in [2.45, 2.75) is 59.3 Å². The minimum absolute atomic E-state index is 0.143. The lowest BCUT2D eigenvalue weighted by Gasteiger charge is -2.23. The summed E-state index contributed by atoms with van der Waals surface area (Å²) < 4.78 is 0. The SMILES string of the molecule is CC(C)(C)CCCC(=O)N1C[C@@H]2CCC[C@@]2(C(=O)O)C1. The molecule has 20 heavy (non-hydrogen) atoms. The molecule has 0 spiro atoms. The molecule has 0 bridgehead atoms. The van der Waals surface area contributed by atoms with Gasteiger partial charge in [0.1, 0.15) is 0 Å². The van der Waals surface area contributed by atoms with Crippen molar-refractivity contribution in [2.24, 2.45) is 16.7 Å². The third kappa shape index (κ3) is 2.99. The van der Waals surface area contributed by atoms with E-state index in [9.17, 15) is 14.7 Å². The zero-order chi connectivity index (χ0) is 15.0. The van der Waals surface area contributed by atoms with E-state index in [0.717, 1.165) is 32.1 Å². The molecule has 1 aliphatic heterocycles. The summed E-state index contributed by atoms with van der Waals surface area (Å²) in [7, 11) is 0. The summed E-state index contributed by atoms with van der Waals surface area (Å²) in [5, 5.41) is 9.52. The Balaban J connectivity index is 1.89. The van der Waals surface area contributed by atoms with Gasteiger partial charge in [-0.2, -0.15) is 0 Å². The number of amides is 1. The molecule has 2 rings (SSSR count). The Bertz CT molecular complexity index is 399. The van der Waals surface area contributed by atoms with E-state index in [1.165, 1.54) is 0 Å². The molecule has 2 aliphatic rings. The molecule has 1 amide bonds. The molecule has 2 fully saturated rings. The molecular weight excluding hydrogens is 254 g/mol. The summed E-state index contributed by atoms with van der Waals surface area (Å²) in [5.74, 6) is -0.388. The normalized spacial score (nSPS) is 29.6. The first-order valence-corrected chi connectivity index (χ1v) is 7.76. The van der Waals surface area contributed by atoms with E-state index in [4.69, 9.17) is 0 Å². The number of carboxylic acids is 1. The molecule has 0 aromatic carbocycles. The number of hydrogen-bond acceptors (Lipinski definition) is 2. The van der Waals surface area contributed by atoms with Crippen LogP contribution in [0.25, 0.3) is 0 Å². The molecule has 1 saturated carbocycles. The van der Waals surface area contributed by atoms with Gasteiger partial charge in [-0.15, -0.1) is 0 Å². The number of hydrogen-bond donors (Lipinski definition) is 1. The monoisotopic (exact) mass is 281 g/mol. The average Bonchev–Trinajstić information content (AvgIpc) is 2.83. The highest BCUT2D eigenvalue weighted by atomic mass is 16.4. The van der Waals surface area contributed by atoms with E-state index in [1.807, 2.05) is 0 Å². The smallest absolute Gasteiger partial charge is 0.311 e. The number of carboxylic acid groups (broad SMARTS) is 1. The fourth-order valence-corrected chi connectivity index (χ4v) is 3.76. The van der Waals surface area contributed by atoms with Crippen molar-refractivity contribution >= 4 is 11.9 Å². The summed E-state index contributed by atoms with van der Waals surface area (Å²) in [6.07, 6.45) is 5.16. The first kappa shape index (κ1) is 15.3. The second-order valence-corrected chi connectivity index (χ2v) is 7.74. The van der Waals surface area contributed by atoms with Crippen LogP contribution in [-0.2, 0) is 9.59 Å². The number of nitrogens with zero attached hydrogens (tertiary/aromatic N) is 1. The quantitative estimate of drug-likeness (QED) is 0.862. The van der Waals surface area contributed by atoms with Crippen LogP contribution in [0.15, 0.2) is 0 Å². The lowest BCUT2D eigenvalue weighted by Crippen LogP contribution is -2.37. The topological polar surface area (TPSA) is 57.6 Å². The fraction of sp³-hybridized carbons (Fsp3) is 0.875. The summed E-state index contributed by atoms with van der Waals surface area (Å²) in [6.45, 7) is 7.62. The molecule has 0 aromatic rings. The molecule has 1 heterocycles. The Hall–Kier alpha value is -1.06. The van der Waals surface area contributed by atoms with Crippen LogP contribution < -0.4 is 0 Å². The first-order chi connectivity index (χ1) is 9.24. The van der Waals surface area contributed by atoms with Gasteiger partial charge in [0.2, 0.25) is 5.91 Å². The van der Waals surface area contributed by atoms with Gasteiger partial charge in [0, 0.05) is 19.5 Å². The highest BCUT2D eigenvalue weighted by Gasteiger charge is 2.55. The standard InChI is InChI=1S/C16H27NO3/c1-15(2,3)8-5-7-13(18)17-10-12-6-4-9-16(12,11-17)14(19)20/h12H,4-11H2,1-3H3,(H,19,20)/t12-,16+/m0/s1. The molecule has 2 atom stereocenters. The maximum atomic E-state index is 12.3. The van der Waals surface area contributed by atoms with Crippen molar-refractivity contribution < 1.29 is 14.7 Å². The van der Waals surface area contributed by atoms with Crippen LogP contribution in [0.2, 0.25) is 0 Å². The van der Waals surface area contributed by atoms with Crippen molar-refractivity contribution in [1.82, 2.24) is 4.90 Å². The van der Waals surface area contributed by atoms with Gasteiger partial charge in [0.05, 0.1) is 5.41 Å². The van der Waals surface area contributed by atoms with Crippen LogP contribution in [0.5, 0.6) is 0 Å². The second kappa shape index (κ2) is 5.38. The number of likely N-dealkylation sites (tertiary alicyclic amines) is 1. The minimum Gasteiger partial charge on any atom is -0.481 e. The Labute approximate surface area is 121 Å². The summed E-state index contributed by atoms with van der Waals surface area (Å²) in [4.78, 5) is 25.6. The largest absolute Gasteiger partial charge is 0.481 e. The lowest BCUT2D eigenvalue weighted by atomic mass is 9.81. The number of carbonyl (C=O) groups is 2. The molecule has 1 saturated heterocycles. The van der Waals surface area contributed by atoms with Gasteiger partial charge in [0.25, 0.3) is 0 Å². The zero-order valence-electron chi connectivity index (χ0n) is 12.9. The first-order valence-electron chi connectivity index (χ1n) is 7.76. The molecule has 4 heteroatoms. The predicted octanol–water partition coefficient (Wildman–Crippen LogP) is 2.92. The van der Waals surface area contributed by atoms with Crippen molar-refractivity contribution in [2.75, 3.05) is 13.1 Å². The van der Waals surface area contributed by atoms with E-state index in [-0.39, 0.29) is 17.2 Å². The number of carbonyl (C=O) groups excluding carboxylic acids is 1. The number of fused-ring (bicyclic) bond motifs is 1. The van der Waals surface area contributed by atoms with Crippen LogP contribution >= 0.6 is 0 Å². The highest BCUT2D eigenvalue weighted by molar-refractivity contribution is 5.81. The molecule has 0 radical (unpaired) electrons. The third-order valence-electron chi connectivity index (χ3n) is 4.97. The Morgan fingerprint density at radius 3 is 2.60 bits per heavy atom. The van der Waals surface area contributed by atoms with Crippen molar-refractivity contribution in [3.63, 3.8) is 0 Å². The van der Waals surface area contributed by atoms with E-state index in [0.29, 0.717) is 19.5 Å². The van der Waals surface area contributed by atoms with Gasteiger partial charge in [-0.1, -0.05) is 27.2 Å².